The number of oxime groups is 1. The van der Waals surface area contributed by atoms with E-state index in [2.05, 4.69) is 10.5 Å². The van der Waals surface area contributed by atoms with Gasteiger partial charge in [0.1, 0.15) is 5.82 Å². The van der Waals surface area contributed by atoms with Gasteiger partial charge in [0.05, 0.1) is 0 Å². The Balaban J connectivity index is 1.89. The van der Waals surface area contributed by atoms with E-state index in [-0.39, 0.29) is 11.7 Å². The van der Waals surface area contributed by atoms with E-state index in [0.717, 1.165) is 17.5 Å². The molecule has 5 heteroatoms. The molecule has 0 amide bonds. The predicted molar refractivity (Wildman–Crippen MR) is 80.8 cm³/mol. The fourth-order valence-electron chi connectivity index (χ4n) is 2.13. The summed E-state index contributed by atoms with van der Waals surface area (Å²) in [6, 6.07) is 14.0. The Kier molecular flexibility index (Phi) is 5.29. The zero-order valence-electron chi connectivity index (χ0n) is 11.6. The van der Waals surface area contributed by atoms with Gasteiger partial charge in [0, 0.05) is 12.1 Å². The molecule has 0 unspecified atom stereocenters. The van der Waals surface area contributed by atoms with Gasteiger partial charge in [-0.1, -0.05) is 41.6 Å². The van der Waals surface area contributed by atoms with Crippen LogP contribution in [0.2, 0.25) is 0 Å². The van der Waals surface area contributed by atoms with E-state index in [0.29, 0.717) is 18.7 Å². The highest BCUT2D eigenvalue weighted by Gasteiger charge is 2.05. The minimum atomic E-state index is -0.218. The summed E-state index contributed by atoms with van der Waals surface area (Å²) in [4.78, 5) is 0. The van der Waals surface area contributed by atoms with Crippen LogP contribution in [0.1, 0.15) is 16.7 Å². The van der Waals surface area contributed by atoms with Crippen molar-refractivity contribution in [2.45, 2.75) is 13.0 Å². The van der Waals surface area contributed by atoms with Gasteiger partial charge in [0.2, 0.25) is 0 Å². The van der Waals surface area contributed by atoms with Gasteiger partial charge in [-0.05, 0) is 36.2 Å². The van der Waals surface area contributed by atoms with Crippen LogP contribution >= 0.6 is 0 Å². The molecule has 0 aliphatic carbocycles. The molecule has 0 saturated carbocycles. The van der Waals surface area contributed by atoms with Gasteiger partial charge in [-0.15, -0.1) is 0 Å². The van der Waals surface area contributed by atoms with Crippen LogP contribution in [0.3, 0.4) is 0 Å². The van der Waals surface area contributed by atoms with Crippen LogP contribution in [0.15, 0.2) is 53.7 Å². The number of nitrogens with zero attached hydrogens (tertiary/aromatic N) is 1. The standard InChI is InChI=1S/C16H18FN3O/c17-14-6-3-4-12(10-14)8-9-19-11-13-5-1-2-7-15(13)16(18)20-21/h1-7,10,19,21H,8-9,11H2,(H2,18,20). The van der Waals surface area contributed by atoms with Crippen molar-refractivity contribution >= 4 is 5.84 Å². The Bertz CT molecular complexity index is 628. The highest BCUT2D eigenvalue weighted by Crippen LogP contribution is 2.08. The summed E-state index contributed by atoms with van der Waals surface area (Å²) in [5.41, 5.74) is 8.25. The molecule has 0 atom stereocenters. The molecule has 0 aliphatic rings. The molecule has 4 nitrogen and oxygen atoms in total. The second kappa shape index (κ2) is 7.40. The number of nitrogens with one attached hydrogen (secondary N) is 1. The first kappa shape index (κ1) is 15.0. The molecule has 0 spiro atoms. The number of halogens is 1. The molecule has 0 radical (unpaired) electrons. The molecule has 0 fully saturated rings. The lowest BCUT2D eigenvalue weighted by atomic mass is 10.1. The van der Waals surface area contributed by atoms with Crippen molar-refractivity contribution in [1.82, 2.24) is 5.32 Å². The second-order valence-corrected chi connectivity index (χ2v) is 4.70. The average Bonchev–Trinajstić information content (AvgIpc) is 2.51. The van der Waals surface area contributed by atoms with Crippen molar-refractivity contribution in [3.8, 4) is 0 Å². The van der Waals surface area contributed by atoms with E-state index in [1.807, 2.05) is 24.3 Å². The minimum absolute atomic E-state index is 0.0949. The van der Waals surface area contributed by atoms with Crippen LogP contribution in [0.4, 0.5) is 4.39 Å². The van der Waals surface area contributed by atoms with Gasteiger partial charge in [-0.25, -0.2) is 4.39 Å². The van der Waals surface area contributed by atoms with E-state index in [1.54, 1.807) is 12.1 Å². The van der Waals surface area contributed by atoms with E-state index in [9.17, 15) is 4.39 Å². The summed E-state index contributed by atoms with van der Waals surface area (Å²) in [5.74, 6) is -0.123. The molecule has 0 heterocycles. The Morgan fingerprint density at radius 3 is 2.76 bits per heavy atom. The Morgan fingerprint density at radius 2 is 2.00 bits per heavy atom. The zero-order chi connectivity index (χ0) is 15.1. The third kappa shape index (κ3) is 4.29. The van der Waals surface area contributed by atoms with Crippen LogP contribution in [-0.4, -0.2) is 17.6 Å². The third-order valence-electron chi connectivity index (χ3n) is 3.20. The summed E-state index contributed by atoms with van der Waals surface area (Å²) in [5, 5.41) is 15.1. The maximum atomic E-state index is 13.1. The molecular formula is C16H18FN3O. The largest absolute Gasteiger partial charge is 0.409 e. The summed E-state index contributed by atoms with van der Waals surface area (Å²) in [6.45, 7) is 1.32. The van der Waals surface area contributed by atoms with E-state index in [1.165, 1.54) is 12.1 Å². The van der Waals surface area contributed by atoms with Gasteiger partial charge in [-0.2, -0.15) is 0 Å². The second-order valence-electron chi connectivity index (χ2n) is 4.70. The topological polar surface area (TPSA) is 70.6 Å². The van der Waals surface area contributed by atoms with Crippen molar-refractivity contribution in [3.05, 3.63) is 71.0 Å². The number of benzene rings is 2. The number of nitrogens with two attached hydrogens (primary N) is 1. The van der Waals surface area contributed by atoms with Gasteiger partial charge >= 0.3 is 0 Å². The fraction of sp³-hybridized carbons (Fsp3) is 0.188. The lowest BCUT2D eigenvalue weighted by molar-refractivity contribution is 0.318. The highest BCUT2D eigenvalue weighted by atomic mass is 19.1. The SMILES string of the molecule is NC(=NO)c1ccccc1CNCCc1cccc(F)c1. The van der Waals surface area contributed by atoms with Crippen LogP contribution in [-0.2, 0) is 13.0 Å². The van der Waals surface area contributed by atoms with Crippen LogP contribution in [0.25, 0.3) is 0 Å². The monoisotopic (exact) mass is 287 g/mol. The van der Waals surface area contributed by atoms with Crippen LogP contribution < -0.4 is 11.1 Å². The highest BCUT2D eigenvalue weighted by molar-refractivity contribution is 5.98. The molecule has 0 aromatic heterocycles. The maximum Gasteiger partial charge on any atom is 0.170 e. The smallest absolute Gasteiger partial charge is 0.170 e. The van der Waals surface area contributed by atoms with Gasteiger partial charge in [0.25, 0.3) is 0 Å². The molecule has 21 heavy (non-hydrogen) atoms. The molecule has 2 aromatic rings. The molecular weight excluding hydrogens is 269 g/mol. The number of hydrogen-bond donors (Lipinski definition) is 3. The average molecular weight is 287 g/mol. The summed E-state index contributed by atoms with van der Waals surface area (Å²) >= 11 is 0. The van der Waals surface area contributed by atoms with Crippen molar-refractivity contribution in [1.29, 1.82) is 0 Å². The number of hydrogen-bond acceptors (Lipinski definition) is 3. The molecule has 0 aliphatic heterocycles. The lowest BCUT2D eigenvalue weighted by Crippen LogP contribution is -2.21. The molecule has 0 saturated heterocycles. The zero-order valence-corrected chi connectivity index (χ0v) is 11.6. The van der Waals surface area contributed by atoms with E-state index in [4.69, 9.17) is 10.9 Å². The van der Waals surface area contributed by atoms with Crippen molar-refractivity contribution < 1.29 is 9.60 Å². The van der Waals surface area contributed by atoms with Crippen LogP contribution in [0, 0.1) is 5.82 Å². The number of amidine groups is 1. The molecule has 110 valence electrons. The predicted octanol–water partition coefficient (Wildman–Crippen LogP) is 2.25. The van der Waals surface area contributed by atoms with E-state index >= 15 is 0 Å². The van der Waals surface area contributed by atoms with Crippen molar-refractivity contribution in [2.75, 3.05) is 6.54 Å². The minimum Gasteiger partial charge on any atom is -0.409 e. The first-order valence-corrected chi connectivity index (χ1v) is 6.71. The number of rotatable bonds is 6. The van der Waals surface area contributed by atoms with Crippen LogP contribution in [0.5, 0.6) is 0 Å². The lowest BCUT2D eigenvalue weighted by Gasteiger charge is -2.09. The Morgan fingerprint density at radius 1 is 1.19 bits per heavy atom. The summed E-state index contributed by atoms with van der Waals surface area (Å²) in [6.07, 6.45) is 0.740. The molecule has 2 rings (SSSR count). The Labute approximate surface area is 123 Å². The summed E-state index contributed by atoms with van der Waals surface area (Å²) in [7, 11) is 0. The van der Waals surface area contributed by atoms with Gasteiger partial charge in [0.15, 0.2) is 5.84 Å². The molecule has 0 bridgehead atoms. The summed E-state index contributed by atoms with van der Waals surface area (Å²) < 4.78 is 13.1. The first-order valence-electron chi connectivity index (χ1n) is 6.71. The van der Waals surface area contributed by atoms with Gasteiger partial charge in [-0.3, -0.25) is 0 Å². The first-order chi connectivity index (χ1) is 10.2. The van der Waals surface area contributed by atoms with Crippen molar-refractivity contribution in [2.24, 2.45) is 10.9 Å². The van der Waals surface area contributed by atoms with Crippen molar-refractivity contribution in [3.63, 3.8) is 0 Å². The normalized spacial score (nSPS) is 11.6. The Hall–Kier alpha value is -2.40. The fourth-order valence-corrected chi connectivity index (χ4v) is 2.13. The third-order valence-corrected chi connectivity index (χ3v) is 3.20. The molecule has 4 N–H and O–H groups in total. The maximum absolute atomic E-state index is 13.1. The van der Waals surface area contributed by atoms with E-state index < -0.39 is 0 Å². The molecule has 2 aromatic carbocycles. The quantitative estimate of drug-likeness (QED) is 0.251. The van der Waals surface area contributed by atoms with Gasteiger partial charge < -0.3 is 16.3 Å².